The lowest BCUT2D eigenvalue weighted by molar-refractivity contribution is 0.0514. The zero-order valence-electron chi connectivity index (χ0n) is 15.3. The topological polar surface area (TPSA) is 50.4 Å². The predicted octanol–water partition coefficient (Wildman–Crippen LogP) is 4.59. The van der Waals surface area contributed by atoms with Crippen molar-refractivity contribution >= 4 is 17.4 Å². The Morgan fingerprint density at radius 3 is 2.48 bits per heavy atom. The zero-order chi connectivity index (χ0) is 17.5. The maximum atomic E-state index is 11.8. The largest absolute Gasteiger partial charge is 0.444 e. The van der Waals surface area contributed by atoms with Crippen molar-refractivity contribution in [2.75, 3.05) is 13.1 Å². The number of thiophene rings is 1. The van der Waals surface area contributed by atoms with E-state index in [9.17, 15) is 4.79 Å². The molecule has 132 valence electrons. The molecule has 0 saturated carbocycles. The standard InChI is InChI=1S/C18H32N2O2S/c1-7-15(16-9-8-10-23-16)19-11-14(13(2)3)12-20-17(21)22-18(4,5)6/h8-10,13-15,19H,7,11-12H2,1-6H3,(H,20,21). The van der Waals surface area contributed by atoms with Gasteiger partial charge >= 0.3 is 6.09 Å². The third-order valence-corrected chi connectivity index (χ3v) is 4.76. The van der Waals surface area contributed by atoms with Gasteiger partial charge in [-0.3, -0.25) is 0 Å². The molecule has 0 aromatic carbocycles. The van der Waals surface area contributed by atoms with E-state index < -0.39 is 5.60 Å². The number of carbonyl (C=O) groups excluding carboxylic acids is 1. The van der Waals surface area contributed by atoms with E-state index in [1.807, 2.05) is 20.8 Å². The second-order valence-corrected chi connectivity index (χ2v) is 8.25. The highest BCUT2D eigenvalue weighted by molar-refractivity contribution is 7.10. The van der Waals surface area contributed by atoms with Crippen LogP contribution in [0.5, 0.6) is 0 Å². The van der Waals surface area contributed by atoms with Gasteiger partial charge in [-0.1, -0.05) is 26.8 Å². The van der Waals surface area contributed by atoms with Crippen molar-refractivity contribution in [3.05, 3.63) is 22.4 Å². The van der Waals surface area contributed by atoms with Crippen molar-refractivity contribution in [3.63, 3.8) is 0 Å². The minimum Gasteiger partial charge on any atom is -0.444 e. The van der Waals surface area contributed by atoms with E-state index in [0.29, 0.717) is 24.4 Å². The van der Waals surface area contributed by atoms with Crippen molar-refractivity contribution in [2.24, 2.45) is 11.8 Å². The van der Waals surface area contributed by atoms with Crippen molar-refractivity contribution in [1.82, 2.24) is 10.6 Å². The summed E-state index contributed by atoms with van der Waals surface area (Å²) in [4.78, 5) is 13.2. The summed E-state index contributed by atoms with van der Waals surface area (Å²) >= 11 is 1.79. The van der Waals surface area contributed by atoms with Crippen LogP contribution < -0.4 is 10.6 Å². The van der Waals surface area contributed by atoms with Gasteiger partial charge in [-0.2, -0.15) is 0 Å². The van der Waals surface area contributed by atoms with Gasteiger partial charge in [0.1, 0.15) is 5.60 Å². The molecule has 0 aliphatic carbocycles. The number of hydrogen-bond acceptors (Lipinski definition) is 4. The summed E-state index contributed by atoms with van der Waals surface area (Å²) in [7, 11) is 0. The highest BCUT2D eigenvalue weighted by Crippen LogP contribution is 2.22. The molecule has 1 aromatic rings. The smallest absolute Gasteiger partial charge is 0.407 e. The predicted molar refractivity (Wildman–Crippen MR) is 97.9 cm³/mol. The van der Waals surface area contributed by atoms with Gasteiger partial charge in [-0.05, 0) is 50.5 Å². The van der Waals surface area contributed by atoms with Crippen LogP contribution in [0, 0.1) is 11.8 Å². The van der Waals surface area contributed by atoms with E-state index in [1.165, 1.54) is 4.88 Å². The molecule has 0 saturated heterocycles. The molecule has 1 aromatic heterocycles. The van der Waals surface area contributed by atoms with Crippen LogP contribution in [0.15, 0.2) is 17.5 Å². The summed E-state index contributed by atoms with van der Waals surface area (Å²) in [5, 5.41) is 8.66. The molecule has 2 atom stereocenters. The molecule has 2 unspecified atom stereocenters. The summed E-state index contributed by atoms with van der Waals surface area (Å²) < 4.78 is 5.30. The molecule has 1 heterocycles. The minimum atomic E-state index is -0.456. The Bertz CT molecular complexity index is 452. The average Bonchev–Trinajstić information content (AvgIpc) is 2.94. The van der Waals surface area contributed by atoms with E-state index in [1.54, 1.807) is 11.3 Å². The number of hydrogen-bond donors (Lipinski definition) is 2. The van der Waals surface area contributed by atoms with Crippen molar-refractivity contribution in [2.45, 2.75) is 59.6 Å². The molecule has 0 fully saturated rings. The number of amides is 1. The maximum absolute atomic E-state index is 11.8. The molecule has 0 aliphatic rings. The number of nitrogens with one attached hydrogen (secondary N) is 2. The Kier molecular flexibility index (Phi) is 8.06. The average molecular weight is 341 g/mol. The van der Waals surface area contributed by atoms with Crippen molar-refractivity contribution in [1.29, 1.82) is 0 Å². The van der Waals surface area contributed by atoms with E-state index in [4.69, 9.17) is 4.74 Å². The highest BCUT2D eigenvalue weighted by Gasteiger charge is 2.20. The molecule has 0 spiro atoms. The molecular formula is C18H32N2O2S. The fourth-order valence-corrected chi connectivity index (χ4v) is 3.19. The Morgan fingerprint density at radius 2 is 2.00 bits per heavy atom. The van der Waals surface area contributed by atoms with Crippen LogP contribution in [0.3, 0.4) is 0 Å². The summed E-state index contributed by atoms with van der Waals surface area (Å²) in [6, 6.07) is 4.65. The van der Waals surface area contributed by atoms with Crippen LogP contribution in [0.2, 0.25) is 0 Å². The lowest BCUT2D eigenvalue weighted by Gasteiger charge is -2.26. The van der Waals surface area contributed by atoms with E-state index in [2.05, 4.69) is 48.9 Å². The van der Waals surface area contributed by atoms with Crippen LogP contribution >= 0.6 is 11.3 Å². The molecule has 5 heteroatoms. The van der Waals surface area contributed by atoms with Crippen molar-refractivity contribution < 1.29 is 9.53 Å². The number of carbonyl (C=O) groups is 1. The molecule has 4 nitrogen and oxygen atoms in total. The Labute approximate surface area is 145 Å². The fourth-order valence-electron chi connectivity index (χ4n) is 2.30. The van der Waals surface area contributed by atoms with Crippen molar-refractivity contribution in [3.8, 4) is 0 Å². The zero-order valence-corrected chi connectivity index (χ0v) is 16.1. The second-order valence-electron chi connectivity index (χ2n) is 7.27. The molecule has 1 rings (SSSR count). The summed E-state index contributed by atoms with van der Waals surface area (Å²) in [6.07, 6.45) is 0.721. The Balaban J connectivity index is 2.47. The Morgan fingerprint density at radius 1 is 1.30 bits per heavy atom. The van der Waals surface area contributed by atoms with Gasteiger partial charge in [-0.15, -0.1) is 11.3 Å². The lowest BCUT2D eigenvalue weighted by atomic mass is 9.95. The van der Waals surface area contributed by atoms with E-state index in [-0.39, 0.29) is 6.09 Å². The molecule has 0 bridgehead atoms. The van der Waals surface area contributed by atoms with Crippen LogP contribution in [-0.4, -0.2) is 24.8 Å². The normalized spacial score (nSPS) is 14.6. The quantitative estimate of drug-likeness (QED) is 0.728. The van der Waals surface area contributed by atoms with Gasteiger partial charge in [-0.25, -0.2) is 4.79 Å². The first-order chi connectivity index (χ1) is 10.7. The molecule has 0 aliphatic heterocycles. The number of alkyl carbamates (subject to hydrolysis) is 1. The summed E-state index contributed by atoms with van der Waals surface area (Å²) in [5.41, 5.74) is -0.456. The monoisotopic (exact) mass is 340 g/mol. The van der Waals surface area contributed by atoms with Crippen LogP contribution in [0.1, 0.15) is 58.9 Å². The first-order valence-corrected chi connectivity index (χ1v) is 9.34. The van der Waals surface area contributed by atoms with Gasteiger partial charge in [0.05, 0.1) is 0 Å². The minimum absolute atomic E-state index is 0.339. The summed E-state index contributed by atoms with van der Waals surface area (Å²) in [5.74, 6) is 0.856. The molecule has 2 N–H and O–H groups in total. The number of ether oxygens (including phenoxy) is 1. The van der Waals surface area contributed by atoms with Crippen LogP contribution in [0.25, 0.3) is 0 Å². The van der Waals surface area contributed by atoms with Gasteiger partial charge in [0.15, 0.2) is 0 Å². The third kappa shape index (κ3) is 7.84. The van der Waals surface area contributed by atoms with Crippen LogP contribution in [0.4, 0.5) is 4.79 Å². The second kappa shape index (κ2) is 9.28. The molecule has 23 heavy (non-hydrogen) atoms. The van der Waals surface area contributed by atoms with Gasteiger partial charge < -0.3 is 15.4 Å². The highest BCUT2D eigenvalue weighted by atomic mass is 32.1. The van der Waals surface area contributed by atoms with Gasteiger partial charge in [0, 0.05) is 24.0 Å². The first-order valence-electron chi connectivity index (χ1n) is 8.46. The third-order valence-electron chi connectivity index (χ3n) is 3.77. The van der Waals surface area contributed by atoms with Gasteiger partial charge in [0.2, 0.25) is 0 Å². The molecule has 1 amide bonds. The first kappa shape index (κ1) is 20.0. The fraction of sp³-hybridized carbons (Fsp3) is 0.722. The molecular weight excluding hydrogens is 308 g/mol. The molecule has 0 radical (unpaired) electrons. The van der Waals surface area contributed by atoms with Gasteiger partial charge in [0.25, 0.3) is 0 Å². The lowest BCUT2D eigenvalue weighted by Crippen LogP contribution is -2.40. The summed E-state index contributed by atoms with van der Waals surface area (Å²) in [6.45, 7) is 13.7. The maximum Gasteiger partial charge on any atom is 0.407 e. The number of rotatable bonds is 8. The SMILES string of the molecule is CCC(NCC(CNC(=O)OC(C)(C)C)C(C)C)c1cccs1. The Hall–Kier alpha value is -1.07. The van der Waals surface area contributed by atoms with E-state index >= 15 is 0 Å². The van der Waals surface area contributed by atoms with Crippen LogP contribution in [-0.2, 0) is 4.74 Å². The van der Waals surface area contributed by atoms with E-state index in [0.717, 1.165) is 13.0 Å².